The van der Waals surface area contributed by atoms with Gasteiger partial charge in [-0.15, -0.1) is 0 Å². The number of nitrogens with one attached hydrogen (secondary N) is 2. The predicted octanol–water partition coefficient (Wildman–Crippen LogP) is 3.24. The summed E-state index contributed by atoms with van der Waals surface area (Å²) in [5, 5.41) is 16.3. The fourth-order valence-electron chi connectivity index (χ4n) is 2.77. The molecule has 1 aromatic carbocycles. The molecule has 116 valence electrons. The molecule has 1 saturated carbocycles. The number of aromatic nitrogens is 2. The molecule has 1 heterocycles. The molecule has 1 aromatic heterocycles. The highest BCUT2D eigenvalue weighted by atomic mass is 16.3. The van der Waals surface area contributed by atoms with Gasteiger partial charge < -0.3 is 15.7 Å². The fraction of sp³-hybridized carbons (Fsp3) is 0.412. The highest BCUT2D eigenvalue weighted by Crippen LogP contribution is 2.22. The molecule has 5 heteroatoms. The molecule has 3 N–H and O–H groups in total. The van der Waals surface area contributed by atoms with Crippen LogP contribution in [0.15, 0.2) is 36.4 Å². The normalized spacial score (nSPS) is 21.4. The van der Waals surface area contributed by atoms with E-state index in [2.05, 4.69) is 20.6 Å². The maximum absolute atomic E-state index is 9.58. The fourth-order valence-corrected chi connectivity index (χ4v) is 2.77. The summed E-state index contributed by atoms with van der Waals surface area (Å²) in [6, 6.07) is 12.3. The zero-order valence-corrected chi connectivity index (χ0v) is 12.8. The number of aryl methyl sites for hydroxylation is 1. The van der Waals surface area contributed by atoms with Crippen LogP contribution in [0.5, 0.6) is 0 Å². The highest BCUT2D eigenvalue weighted by Gasteiger charge is 2.20. The van der Waals surface area contributed by atoms with E-state index in [0.717, 1.165) is 42.9 Å². The van der Waals surface area contributed by atoms with E-state index in [9.17, 15) is 5.11 Å². The molecule has 22 heavy (non-hydrogen) atoms. The van der Waals surface area contributed by atoms with Crippen LogP contribution in [0.4, 0.5) is 17.5 Å². The number of benzene rings is 1. The Bertz CT molecular complexity index is 609. The van der Waals surface area contributed by atoms with Gasteiger partial charge >= 0.3 is 0 Å². The minimum absolute atomic E-state index is 0.146. The van der Waals surface area contributed by atoms with Crippen LogP contribution in [-0.4, -0.2) is 27.2 Å². The van der Waals surface area contributed by atoms with E-state index < -0.39 is 0 Å². The van der Waals surface area contributed by atoms with Gasteiger partial charge in [0.2, 0.25) is 5.95 Å². The summed E-state index contributed by atoms with van der Waals surface area (Å²) in [6.45, 7) is 1.97. The van der Waals surface area contributed by atoms with Crippen molar-refractivity contribution in [3.05, 3.63) is 42.1 Å². The smallest absolute Gasteiger partial charge is 0.225 e. The minimum Gasteiger partial charge on any atom is -0.393 e. The Morgan fingerprint density at radius 1 is 1.05 bits per heavy atom. The zero-order chi connectivity index (χ0) is 15.4. The van der Waals surface area contributed by atoms with E-state index in [0.29, 0.717) is 12.0 Å². The van der Waals surface area contributed by atoms with Crippen LogP contribution in [0.1, 0.15) is 31.4 Å². The number of hydrogen-bond donors (Lipinski definition) is 3. The Hall–Kier alpha value is -2.14. The third-order valence-electron chi connectivity index (χ3n) is 3.93. The molecule has 1 fully saturated rings. The SMILES string of the molecule is Cc1cc(Nc2ccccc2)nc(NC2CCC(O)CC2)n1. The van der Waals surface area contributed by atoms with Crippen LogP contribution in [0.25, 0.3) is 0 Å². The van der Waals surface area contributed by atoms with Crippen LogP contribution < -0.4 is 10.6 Å². The Kier molecular flexibility index (Phi) is 4.53. The maximum atomic E-state index is 9.58. The lowest BCUT2D eigenvalue weighted by atomic mass is 9.93. The second kappa shape index (κ2) is 6.75. The van der Waals surface area contributed by atoms with Crippen molar-refractivity contribution in [2.45, 2.75) is 44.8 Å². The second-order valence-electron chi connectivity index (χ2n) is 5.86. The quantitative estimate of drug-likeness (QED) is 0.808. The predicted molar refractivity (Wildman–Crippen MR) is 88.4 cm³/mol. The van der Waals surface area contributed by atoms with Gasteiger partial charge in [0.05, 0.1) is 6.10 Å². The number of anilines is 3. The van der Waals surface area contributed by atoms with Crippen molar-refractivity contribution in [2.24, 2.45) is 0 Å². The molecule has 0 spiro atoms. The van der Waals surface area contributed by atoms with Crippen molar-refractivity contribution in [2.75, 3.05) is 10.6 Å². The van der Waals surface area contributed by atoms with Gasteiger partial charge in [-0.1, -0.05) is 18.2 Å². The van der Waals surface area contributed by atoms with Crippen molar-refractivity contribution in [1.29, 1.82) is 0 Å². The molecule has 0 saturated heterocycles. The van der Waals surface area contributed by atoms with E-state index in [-0.39, 0.29) is 6.10 Å². The monoisotopic (exact) mass is 298 g/mol. The van der Waals surface area contributed by atoms with Gasteiger partial charge in [-0.25, -0.2) is 4.98 Å². The van der Waals surface area contributed by atoms with Crippen LogP contribution in [-0.2, 0) is 0 Å². The van der Waals surface area contributed by atoms with Crippen LogP contribution in [0.3, 0.4) is 0 Å². The van der Waals surface area contributed by atoms with Crippen LogP contribution >= 0.6 is 0 Å². The number of hydrogen-bond acceptors (Lipinski definition) is 5. The van der Waals surface area contributed by atoms with Gasteiger partial charge in [0.15, 0.2) is 0 Å². The molecule has 0 aliphatic heterocycles. The first-order valence-electron chi connectivity index (χ1n) is 7.81. The van der Waals surface area contributed by atoms with Gasteiger partial charge in [-0.05, 0) is 44.7 Å². The van der Waals surface area contributed by atoms with Gasteiger partial charge in [-0.2, -0.15) is 4.98 Å². The Labute approximate surface area is 130 Å². The molecule has 0 unspecified atom stereocenters. The van der Waals surface area contributed by atoms with Crippen molar-refractivity contribution < 1.29 is 5.11 Å². The van der Waals surface area contributed by atoms with Gasteiger partial charge in [0.25, 0.3) is 0 Å². The van der Waals surface area contributed by atoms with Crippen molar-refractivity contribution in [3.63, 3.8) is 0 Å². The van der Waals surface area contributed by atoms with E-state index in [1.807, 2.05) is 43.3 Å². The molecule has 0 atom stereocenters. The van der Waals surface area contributed by atoms with E-state index in [4.69, 9.17) is 0 Å². The summed E-state index contributed by atoms with van der Waals surface area (Å²) in [4.78, 5) is 9.01. The average molecular weight is 298 g/mol. The summed E-state index contributed by atoms with van der Waals surface area (Å²) in [5.41, 5.74) is 1.93. The number of aliphatic hydroxyl groups excluding tert-OH is 1. The molecule has 0 bridgehead atoms. The summed E-state index contributed by atoms with van der Waals surface area (Å²) >= 11 is 0. The largest absolute Gasteiger partial charge is 0.393 e. The molecule has 2 aromatic rings. The number of rotatable bonds is 4. The lowest BCUT2D eigenvalue weighted by Crippen LogP contribution is -2.29. The Morgan fingerprint density at radius 3 is 2.50 bits per heavy atom. The Morgan fingerprint density at radius 2 is 1.77 bits per heavy atom. The zero-order valence-electron chi connectivity index (χ0n) is 12.8. The summed E-state index contributed by atoms with van der Waals surface area (Å²) in [7, 11) is 0. The van der Waals surface area contributed by atoms with E-state index in [1.54, 1.807) is 0 Å². The molecule has 5 nitrogen and oxygen atoms in total. The second-order valence-corrected chi connectivity index (χ2v) is 5.86. The molecule has 3 rings (SSSR count). The minimum atomic E-state index is -0.146. The lowest BCUT2D eigenvalue weighted by molar-refractivity contribution is 0.126. The first-order chi connectivity index (χ1) is 10.7. The average Bonchev–Trinajstić information content (AvgIpc) is 2.50. The van der Waals surface area contributed by atoms with Gasteiger partial charge in [0, 0.05) is 23.5 Å². The lowest BCUT2D eigenvalue weighted by Gasteiger charge is -2.26. The standard InChI is InChI=1S/C17H22N4O/c1-12-11-16(19-13-5-3-2-4-6-13)21-17(18-12)20-14-7-9-15(22)10-8-14/h2-6,11,14-15,22H,7-10H2,1H3,(H2,18,19,20,21). The van der Waals surface area contributed by atoms with Crippen molar-refractivity contribution >= 4 is 17.5 Å². The first kappa shape index (κ1) is 14.8. The number of para-hydroxylation sites is 1. The molecular weight excluding hydrogens is 276 g/mol. The summed E-state index contributed by atoms with van der Waals surface area (Å²) in [6.07, 6.45) is 3.46. The summed E-state index contributed by atoms with van der Waals surface area (Å²) in [5.74, 6) is 1.44. The third-order valence-corrected chi connectivity index (χ3v) is 3.93. The van der Waals surface area contributed by atoms with Gasteiger partial charge in [-0.3, -0.25) is 0 Å². The van der Waals surface area contributed by atoms with E-state index in [1.165, 1.54) is 0 Å². The van der Waals surface area contributed by atoms with Gasteiger partial charge in [0.1, 0.15) is 5.82 Å². The number of aliphatic hydroxyl groups is 1. The topological polar surface area (TPSA) is 70.1 Å². The van der Waals surface area contributed by atoms with E-state index >= 15 is 0 Å². The molecular formula is C17H22N4O. The highest BCUT2D eigenvalue weighted by molar-refractivity contribution is 5.57. The summed E-state index contributed by atoms with van der Waals surface area (Å²) < 4.78 is 0. The molecule has 1 aliphatic carbocycles. The van der Waals surface area contributed by atoms with Crippen LogP contribution in [0, 0.1) is 6.92 Å². The Balaban J connectivity index is 1.70. The number of nitrogens with zero attached hydrogens (tertiary/aromatic N) is 2. The van der Waals surface area contributed by atoms with Crippen LogP contribution in [0.2, 0.25) is 0 Å². The first-order valence-corrected chi connectivity index (χ1v) is 7.81. The maximum Gasteiger partial charge on any atom is 0.225 e. The van der Waals surface area contributed by atoms with Crippen molar-refractivity contribution in [1.82, 2.24) is 9.97 Å². The van der Waals surface area contributed by atoms with Crippen molar-refractivity contribution in [3.8, 4) is 0 Å². The molecule has 0 radical (unpaired) electrons. The molecule has 1 aliphatic rings. The third kappa shape index (κ3) is 3.95. The molecule has 0 amide bonds.